The molecule has 0 aromatic carbocycles. The Kier molecular flexibility index (Phi) is 7.01. The fourth-order valence-corrected chi connectivity index (χ4v) is 2.88. The van der Waals surface area contributed by atoms with Gasteiger partial charge in [-0.3, -0.25) is 4.90 Å². The molecule has 0 N–H and O–H groups in total. The summed E-state index contributed by atoms with van der Waals surface area (Å²) < 4.78 is 12.2. The number of hydrogen-bond acceptors (Lipinski definition) is 3. The lowest BCUT2D eigenvalue weighted by atomic mass is 10.2. The van der Waals surface area contributed by atoms with E-state index in [9.17, 15) is 0 Å². The van der Waals surface area contributed by atoms with Crippen molar-refractivity contribution in [3.05, 3.63) is 24.2 Å². The van der Waals surface area contributed by atoms with Crippen molar-refractivity contribution in [1.29, 1.82) is 0 Å². The van der Waals surface area contributed by atoms with Crippen LogP contribution in [-0.2, 0) is 9.16 Å². The molecule has 1 rings (SSSR count). The van der Waals surface area contributed by atoms with Crippen LogP contribution < -0.4 is 0 Å². The molecule has 122 valence electrons. The van der Waals surface area contributed by atoms with E-state index >= 15 is 0 Å². The van der Waals surface area contributed by atoms with Crippen molar-refractivity contribution in [2.75, 3.05) is 26.2 Å². The third-order valence-electron chi connectivity index (χ3n) is 4.43. The monoisotopic (exact) mass is 311 g/mol. The molecule has 0 aromatic heterocycles. The van der Waals surface area contributed by atoms with Gasteiger partial charge in [-0.05, 0) is 51.0 Å². The van der Waals surface area contributed by atoms with Crippen LogP contribution in [-0.4, -0.2) is 39.5 Å². The normalized spacial score (nSPS) is 18.5. The van der Waals surface area contributed by atoms with Gasteiger partial charge in [-0.1, -0.05) is 32.9 Å². The van der Waals surface area contributed by atoms with Crippen LogP contribution in [0.15, 0.2) is 24.2 Å². The van der Waals surface area contributed by atoms with Gasteiger partial charge in [-0.2, -0.15) is 0 Å². The molecule has 1 aliphatic heterocycles. The maximum Gasteiger partial charge on any atom is 0.262 e. The summed E-state index contributed by atoms with van der Waals surface area (Å²) >= 11 is 0. The fourth-order valence-electron chi connectivity index (χ4n) is 1.93. The minimum Gasteiger partial charge on any atom is -0.519 e. The Morgan fingerprint density at radius 3 is 2.33 bits per heavy atom. The second kappa shape index (κ2) is 8.04. The third kappa shape index (κ3) is 6.26. The van der Waals surface area contributed by atoms with Crippen LogP contribution in [0, 0.1) is 0 Å². The molecule has 0 radical (unpaired) electrons. The van der Waals surface area contributed by atoms with Crippen molar-refractivity contribution < 1.29 is 9.16 Å². The molecular weight excluding hydrogens is 278 g/mol. The van der Waals surface area contributed by atoms with E-state index in [0.29, 0.717) is 12.6 Å². The predicted octanol–water partition coefficient (Wildman–Crippen LogP) is 4.54. The van der Waals surface area contributed by atoms with Gasteiger partial charge in [0.25, 0.3) is 14.3 Å². The van der Waals surface area contributed by atoms with Crippen LogP contribution in [0.2, 0.25) is 18.1 Å². The van der Waals surface area contributed by atoms with Crippen molar-refractivity contribution >= 4 is 8.32 Å². The molecule has 0 amide bonds. The van der Waals surface area contributed by atoms with E-state index in [1.54, 1.807) is 0 Å². The highest BCUT2D eigenvalue weighted by molar-refractivity contribution is 6.74. The molecule has 1 saturated heterocycles. The highest BCUT2D eigenvalue weighted by Gasteiger charge is 2.39. The lowest BCUT2D eigenvalue weighted by Crippen LogP contribution is -2.40. The Hall–Kier alpha value is -0.743. The number of allylic oxidation sites excluding steroid dienone is 1. The molecule has 0 atom stereocenters. The van der Waals surface area contributed by atoms with Gasteiger partial charge in [-0.25, -0.2) is 0 Å². The molecule has 1 fully saturated rings. The Morgan fingerprint density at radius 1 is 1.19 bits per heavy atom. The van der Waals surface area contributed by atoms with Gasteiger partial charge in [-0.15, -0.1) is 0 Å². The summed E-state index contributed by atoms with van der Waals surface area (Å²) in [7, 11) is -1.84. The van der Waals surface area contributed by atoms with Gasteiger partial charge in [0.2, 0.25) is 0 Å². The van der Waals surface area contributed by atoms with Gasteiger partial charge in [0.05, 0.1) is 0 Å². The van der Waals surface area contributed by atoms with Gasteiger partial charge in [0, 0.05) is 12.6 Å². The van der Waals surface area contributed by atoms with E-state index in [0.717, 1.165) is 6.54 Å². The summed E-state index contributed by atoms with van der Waals surface area (Å²) in [6.07, 6.45) is 8.76. The molecule has 0 aromatic rings. The van der Waals surface area contributed by atoms with Crippen molar-refractivity contribution in [3.8, 4) is 0 Å². The Bertz CT molecular complexity index is 363. The molecule has 21 heavy (non-hydrogen) atoms. The van der Waals surface area contributed by atoms with Crippen molar-refractivity contribution in [1.82, 2.24) is 4.90 Å². The Labute approximate surface area is 132 Å². The second-order valence-electron chi connectivity index (χ2n) is 7.27. The first-order valence-corrected chi connectivity index (χ1v) is 11.0. The molecule has 3 nitrogen and oxygen atoms in total. The summed E-state index contributed by atoms with van der Waals surface area (Å²) in [5.74, 6) is 0.714. The summed E-state index contributed by atoms with van der Waals surface area (Å²) in [5, 5.41) is 0.184. The maximum atomic E-state index is 6.33. The van der Waals surface area contributed by atoms with Crippen LogP contribution in [0.5, 0.6) is 0 Å². The van der Waals surface area contributed by atoms with Crippen molar-refractivity contribution in [2.45, 2.75) is 58.7 Å². The van der Waals surface area contributed by atoms with E-state index < -0.39 is 8.32 Å². The van der Waals surface area contributed by atoms with E-state index in [1.807, 2.05) is 19.1 Å². The highest BCUT2D eigenvalue weighted by Crippen LogP contribution is 2.38. The lowest BCUT2D eigenvalue weighted by Gasteiger charge is -2.36. The molecule has 0 saturated carbocycles. The van der Waals surface area contributed by atoms with E-state index in [-0.39, 0.29) is 5.04 Å². The van der Waals surface area contributed by atoms with Gasteiger partial charge in [0.15, 0.2) is 0 Å². The first-order chi connectivity index (χ1) is 9.76. The van der Waals surface area contributed by atoms with E-state index in [4.69, 9.17) is 9.16 Å². The first-order valence-electron chi connectivity index (χ1n) is 8.12. The number of rotatable bonds is 7. The van der Waals surface area contributed by atoms with Gasteiger partial charge in [0.1, 0.15) is 6.61 Å². The van der Waals surface area contributed by atoms with Crippen LogP contribution in [0.3, 0.4) is 0 Å². The zero-order valence-electron chi connectivity index (χ0n) is 14.7. The van der Waals surface area contributed by atoms with Crippen LogP contribution in [0.1, 0.15) is 40.5 Å². The topological polar surface area (TPSA) is 21.7 Å². The number of nitrogens with zero attached hydrogens (tertiary/aromatic N) is 1. The Morgan fingerprint density at radius 2 is 1.81 bits per heavy atom. The van der Waals surface area contributed by atoms with Gasteiger partial charge < -0.3 is 9.16 Å². The number of ether oxygens (including phenoxy) is 1. The predicted molar refractivity (Wildman–Crippen MR) is 92.8 cm³/mol. The van der Waals surface area contributed by atoms with Crippen LogP contribution in [0.4, 0.5) is 0 Å². The average Bonchev–Trinajstić information content (AvgIpc) is 2.87. The molecule has 0 unspecified atom stereocenters. The molecule has 0 aliphatic carbocycles. The summed E-state index contributed by atoms with van der Waals surface area (Å²) in [6.45, 7) is 17.2. The van der Waals surface area contributed by atoms with E-state index in [1.165, 1.54) is 25.9 Å². The lowest BCUT2D eigenvalue weighted by molar-refractivity contribution is 0.114. The molecule has 1 heterocycles. The largest absolute Gasteiger partial charge is 0.519 e. The number of hydrogen-bond donors (Lipinski definition) is 0. The molecular formula is C17H33NO2Si. The van der Waals surface area contributed by atoms with Crippen LogP contribution in [0.25, 0.3) is 0 Å². The molecule has 0 spiro atoms. The molecule has 1 aliphatic rings. The van der Waals surface area contributed by atoms with Gasteiger partial charge >= 0.3 is 0 Å². The highest BCUT2D eigenvalue weighted by atomic mass is 28.4. The minimum absolute atomic E-state index is 0.184. The van der Waals surface area contributed by atoms with Crippen molar-refractivity contribution in [2.24, 2.45) is 0 Å². The van der Waals surface area contributed by atoms with E-state index in [2.05, 4.69) is 44.8 Å². The maximum absolute atomic E-state index is 6.33. The summed E-state index contributed by atoms with van der Waals surface area (Å²) in [4.78, 5) is 2.45. The average molecular weight is 312 g/mol. The zero-order chi connectivity index (χ0) is 15.9. The standard InChI is InChI=1S/C17H33NO2Si/c1-7-8-15-19-16(11-14-18-12-9-10-13-18)20-21(5,6)17(2,3)4/h7-8,11H,9-10,12-15H2,1-6H3/b8-7+,16-11-. The quantitative estimate of drug-likeness (QED) is 0.391. The molecule has 0 bridgehead atoms. The fraction of sp³-hybridized carbons (Fsp3) is 0.765. The smallest absolute Gasteiger partial charge is 0.262 e. The SMILES string of the molecule is C/C=C/CO/C(=C/CN1CCCC1)O[Si](C)(C)C(C)(C)C. The third-order valence-corrected chi connectivity index (χ3v) is 8.76. The minimum atomic E-state index is -1.84. The second-order valence-corrected chi connectivity index (χ2v) is 12.0. The summed E-state index contributed by atoms with van der Waals surface area (Å²) in [5.41, 5.74) is 0. The summed E-state index contributed by atoms with van der Waals surface area (Å²) in [6, 6.07) is 0. The number of likely N-dealkylation sites (tertiary alicyclic amines) is 1. The van der Waals surface area contributed by atoms with Crippen LogP contribution >= 0.6 is 0 Å². The van der Waals surface area contributed by atoms with Crippen molar-refractivity contribution in [3.63, 3.8) is 0 Å². The Balaban J connectivity index is 2.68. The molecule has 4 heteroatoms. The first kappa shape index (κ1) is 18.3. The zero-order valence-corrected chi connectivity index (χ0v) is 15.7.